The fourth-order valence-electron chi connectivity index (χ4n) is 2.41. The molecule has 2 aromatic rings. The van der Waals surface area contributed by atoms with E-state index in [1.54, 1.807) is 24.4 Å². The number of hydrogen-bond donors (Lipinski definition) is 0. The topological polar surface area (TPSA) is 42.4 Å². The Labute approximate surface area is 138 Å². The zero-order valence-electron chi connectivity index (χ0n) is 14.2. The predicted octanol–water partition coefficient (Wildman–Crippen LogP) is 3.53. The van der Waals surface area contributed by atoms with Crippen LogP contribution < -0.4 is 4.74 Å². The molecule has 0 unspecified atom stereocenters. The molecule has 0 bridgehead atoms. The van der Waals surface area contributed by atoms with Gasteiger partial charge < -0.3 is 9.64 Å². The molecule has 122 valence electrons. The highest BCUT2D eigenvalue weighted by atomic mass is 16.5. The summed E-state index contributed by atoms with van der Waals surface area (Å²) < 4.78 is 5.36. The van der Waals surface area contributed by atoms with Crippen LogP contribution >= 0.6 is 0 Å². The minimum absolute atomic E-state index is 0.0154. The first-order valence-corrected chi connectivity index (χ1v) is 7.85. The zero-order chi connectivity index (χ0) is 16.8. The summed E-state index contributed by atoms with van der Waals surface area (Å²) in [6.07, 6.45) is 4.34. The van der Waals surface area contributed by atoms with Crippen LogP contribution in [0.4, 0.5) is 0 Å². The first-order valence-electron chi connectivity index (χ1n) is 7.85. The van der Waals surface area contributed by atoms with Crippen LogP contribution in [0, 0.1) is 0 Å². The number of likely N-dealkylation sites (N-methyl/N-ethyl adjacent to an activating group) is 1. The highest BCUT2D eigenvalue weighted by Gasteiger charge is 2.18. The molecule has 0 spiro atoms. The van der Waals surface area contributed by atoms with E-state index in [4.69, 9.17) is 4.74 Å². The average Bonchev–Trinajstić information content (AvgIpc) is 2.59. The Balaban J connectivity index is 2.13. The minimum atomic E-state index is -0.0154. The second kappa shape index (κ2) is 7.77. The standard InChI is InChI=1S/C19H24N2O2/c1-14(2)16-5-6-18(23-4)17(13-16)19(22)21(3)12-9-15-7-10-20-11-8-15/h5-8,10-11,13-14H,9,12H2,1-4H3. The van der Waals surface area contributed by atoms with Crippen LogP contribution in [-0.2, 0) is 6.42 Å². The maximum absolute atomic E-state index is 12.8. The summed E-state index contributed by atoms with van der Waals surface area (Å²) in [5.74, 6) is 0.975. The van der Waals surface area contributed by atoms with Gasteiger partial charge in [0.2, 0.25) is 0 Å². The van der Waals surface area contributed by atoms with Crippen molar-refractivity contribution in [3.63, 3.8) is 0 Å². The summed E-state index contributed by atoms with van der Waals surface area (Å²) in [5, 5.41) is 0. The lowest BCUT2D eigenvalue weighted by molar-refractivity contribution is 0.0793. The van der Waals surface area contributed by atoms with E-state index in [-0.39, 0.29) is 5.91 Å². The van der Waals surface area contributed by atoms with Crippen LogP contribution in [0.3, 0.4) is 0 Å². The van der Waals surface area contributed by atoms with Crippen molar-refractivity contribution in [3.05, 3.63) is 59.4 Å². The second-order valence-electron chi connectivity index (χ2n) is 5.95. The van der Waals surface area contributed by atoms with Gasteiger partial charge in [0.25, 0.3) is 5.91 Å². The molecular weight excluding hydrogens is 288 g/mol. The summed E-state index contributed by atoms with van der Waals surface area (Å²) in [5.41, 5.74) is 2.93. The number of benzene rings is 1. The molecule has 0 radical (unpaired) electrons. The van der Waals surface area contributed by atoms with Crippen molar-refractivity contribution in [3.8, 4) is 5.75 Å². The van der Waals surface area contributed by atoms with E-state index in [2.05, 4.69) is 18.8 Å². The van der Waals surface area contributed by atoms with E-state index in [0.717, 1.165) is 12.0 Å². The third-order valence-corrected chi connectivity index (χ3v) is 3.95. The van der Waals surface area contributed by atoms with Crippen molar-refractivity contribution in [2.24, 2.45) is 0 Å². The zero-order valence-corrected chi connectivity index (χ0v) is 14.2. The van der Waals surface area contributed by atoms with Gasteiger partial charge in [0.1, 0.15) is 5.75 Å². The van der Waals surface area contributed by atoms with Gasteiger partial charge >= 0.3 is 0 Å². The molecule has 0 saturated carbocycles. The van der Waals surface area contributed by atoms with Crippen molar-refractivity contribution in [1.82, 2.24) is 9.88 Å². The number of hydrogen-bond acceptors (Lipinski definition) is 3. The molecule has 0 saturated heterocycles. The molecular formula is C19H24N2O2. The third kappa shape index (κ3) is 4.31. The normalized spacial score (nSPS) is 10.7. The first kappa shape index (κ1) is 17.0. The maximum atomic E-state index is 12.8. The molecule has 1 heterocycles. The number of methoxy groups -OCH3 is 1. The van der Waals surface area contributed by atoms with Gasteiger partial charge in [0.15, 0.2) is 0 Å². The smallest absolute Gasteiger partial charge is 0.257 e. The summed E-state index contributed by atoms with van der Waals surface area (Å²) >= 11 is 0. The maximum Gasteiger partial charge on any atom is 0.257 e. The van der Waals surface area contributed by atoms with Gasteiger partial charge in [-0.1, -0.05) is 19.9 Å². The van der Waals surface area contributed by atoms with Crippen LogP contribution in [0.5, 0.6) is 5.75 Å². The van der Waals surface area contributed by atoms with Crippen molar-refractivity contribution < 1.29 is 9.53 Å². The number of rotatable bonds is 6. The van der Waals surface area contributed by atoms with Crippen molar-refractivity contribution in [2.45, 2.75) is 26.2 Å². The number of ether oxygens (including phenoxy) is 1. The molecule has 1 amide bonds. The SMILES string of the molecule is COc1ccc(C(C)C)cc1C(=O)N(C)CCc1ccncc1. The van der Waals surface area contributed by atoms with Crippen LogP contribution in [0.25, 0.3) is 0 Å². The van der Waals surface area contributed by atoms with Crippen LogP contribution in [0.2, 0.25) is 0 Å². The minimum Gasteiger partial charge on any atom is -0.496 e. The van der Waals surface area contributed by atoms with Gasteiger partial charge in [-0.25, -0.2) is 0 Å². The molecule has 2 rings (SSSR count). The van der Waals surface area contributed by atoms with E-state index in [1.807, 2.05) is 37.4 Å². The largest absolute Gasteiger partial charge is 0.496 e. The van der Waals surface area contributed by atoms with E-state index in [1.165, 1.54) is 5.56 Å². The van der Waals surface area contributed by atoms with Crippen LogP contribution in [-0.4, -0.2) is 36.5 Å². The van der Waals surface area contributed by atoms with Gasteiger partial charge in [-0.15, -0.1) is 0 Å². The summed E-state index contributed by atoms with van der Waals surface area (Å²) in [6.45, 7) is 4.88. The molecule has 0 aliphatic carbocycles. The van der Waals surface area contributed by atoms with E-state index in [0.29, 0.717) is 23.8 Å². The predicted molar refractivity (Wildman–Crippen MR) is 92.0 cm³/mol. The molecule has 0 N–H and O–H groups in total. The molecule has 0 aliphatic rings. The lowest BCUT2D eigenvalue weighted by atomic mass is 9.99. The van der Waals surface area contributed by atoms with Gasteiger partial charge in [-0.3, -0.25) is 9.78 Å². The monoisotopic (exact) mass is 312 g/mol. The number of pyridine rings is 1. The molecule has 0 atom stereocenters. The Morgan fingerprint density at radius 3 is 2.52 bits per heavy atom. The molecule has 1 aromatic carbocycles. The molecule has 23 heavy (non-hydrogen) atoms. The first-order chi connectivity index (χ1) is 11.0. The van der Waals surface area contributed by atoms with Gasteiger partial charge in [0.05, 0.1) is 12.7 Å². The number of carbonyl (C=O) groups excluding carboxylic acids is 1. The number of nitrogens with zero attached hydrogens (tertiary/aromatic N) is 2. The van der Waals surface area contributed by atoms with Crippen molar-refractivity contribution in [2.75, 3.05) is 20.7 Å². The Hall–Kier alpha value is -2.36. The lowest BCUT2D eigenvalue weighted by Crippen LogP contribution is -2.29. The molecule has 4 nitrogen and oxygen atoms in total. The quantitative estimate of drug-likeness (QED) is 0.819. The summed E-state index contributed by atoms with van der Waals surface area (Å²) in [6, 6.07) is 9.77. The van der Waals surface area contributed by atoms with Crippen molar-refractivity contribution >= 4 is 5.91 Å². The second-order valence-corrected chi connectivity index (χ2v) is 5.95. The highest BCUT2D eigenvalue weighted by Crippen LogP contribution is 2.25. The number of aromatic nitrogens is 1. The Bertz CT molecular complexity index is 654. The van der Waals surface area contributed by atoms with Crippen LogP contribution in [0.1, 0.15) is 41.3 Å². The lowest BCUT2D eigenvalue weighted by Gasteiger charge is -2.20. The van der Waals surface area contributed by atoms with Gasteiger partial charge in [0, 0.05) is 26.0 Å². The third-order valence-electron chi connectivity index (χ3n) is 3.95. The fourth-order valence-corrected chi connectivity index (χ4v) is 2.41. The molecule has 0 aliphatic heterocycles. The summed E-state index contributed by atoms with van der Waals surface area (Å²) in [4.78, 5) is 18.5. The fraction of sp³-hybridized carbons (Fsp3) is 0.368. The Morgan fingerprint density at radius 2 is 1.91 bits per heavy atom. The summed E-state index contributed by atoms with van der Waals surface area (Å²) in [7, 11) is 3.42. The van der Waals surface area contributed by atoms with Crippen molar-refractivity contribution in [1.29, 1.82) is 0 Å². The van der Waals surface area contributed by atoms with Gasteiger partial charge in [-0.2, -0.15) is 0 Å². The molecule has 1 aromatic heterocycles. The molecule has 4 heteroatoms. The van der Waals surface area contributed by atoms with E-state index >= 15 is 0 Å². The van der Waals surface area contributed by atoms with E-state index < -0.39 is 0 Å². The number of amides is 1. The highest BCUT2D eigenvalue weighted by molar-refractivity contribution is 5.97. The van der Waals surface area contributed by atoms with Gasteiger partial charge in [-0.05, 0) is 47.7 Å². The average molecular weight is 312 g/mol. The molecule has 0 fully saturated rings. The number of carbonyl (C=O) groups is 1. The van der Waals surface area contributed by atoms with E-state index in [9.17, 15) is 4.79 Å². The Morgan fingerprint density at radius 1 is 1.22 bits per heavy atom. The van der Waals surface area contributed by atoms with Crippen LogP contribution in [0.15, 0.2) is 42.7 Å². The Kier molecular flexibility index (Phi) is 5.74.